The van der Waals surface area contributed by atoms with Crippen molar-refractivity contribution in [3.63, 3.8) is 0 Å². The van der Waals surface area contributed by atoms with E-state index in [9.17, 15) is 15.3 Å². The minimum atomic E-state index is -1.65. The number of aromatic amines is 1. The molecule has 1 aliphatic heterocycles. The number of nitrogens with one attached hydrogen (secondary N) is 1. The summed E-state index contributed by atoms with van der Waals surface area (Å²) < 4.78 is 7.44. The lowest BCUT2D eigenvalue weighted by Crippen LogP contribution is -2.44. The Labute approximate surface area is 146 Å². The van der Waals surface area contributed by atoms with Gasteiger partial charge in [-0.25, -0.2) is 4.68 Å². The third-order valence-corrected chi connectivity index (χ3v) is 4.97. The fourth-order valence-electron chi connectivity index (χ4n) is 3.32. The molecule has 3 aromatic rings. The number of anilines is 1. The maximum Gasteiger partial charge on any atom is 0.181 e. The van der Waals surface area contributed by atoms with Crippen molar-refractivity contribution in [2.45, 2.75) is 31.0 Å². The monoisotopic (exact) mass is 363 g/mol. The number of nitrogen functional groups attached to an aromatic ring is 1. The fraction of sp³-hybridized carbons (Fsp3) is 0.400. The summed E-state index contributed by atoms with van der Waals surface area (Å²) in [4.78, 5) is 0. The molecule has 3 heterocycles. The van der Waals surface area contributed by atoms with Gasteiger partial charge in [0.05, 0.1) is 12.8 Å². The predicted octanol–water partition coefficient (Wildman–Crippen LogP) is 0.226. The molecule has 1 aliphatic rings. The van der Waals surface area contributed by atoms with E-state index in [1.165, 1.54) is 17.8 Å². The van der Waals surface area contributed by atoms with Gasteiger partial charge in [-0.05, 0) is 13.0 Å². The molecule has 2 aromatic heterocycles. The van der Waals surface area contributed by atoms with Crippen molar-refractivity contribution in [2.75, 3.05) is 12.3 Å². The first kappa shape index (κ1) is 16.4. The third-order valence-electron chi connectivity index (χ3n) is 4.66. The Kier molecular flexibility index (Phi) is 3.56. The number of H-pyrrole nitrogens is 1. The largest absolute Gasteiger partial charge is 0.398 e. The first-order valence-corrected chi connectivity index (χ1v) is 8.07. The van der Waals surface area contributed by atoms with Gasteiger partial charge in [0.1, 0.15) is 28.0 Å². The minimum Gasteiger partial charge on any atom is -0.398 e. The summed E-state index contributed by atoms with van der Waals surface area (Å²) in [6, 6.07) is 1.74. The van der Waals surface area contributed by atoms with E-state index < -0.39 is 30.6 Å². The van der Waals surface area contributed by atoms with E-state index in [0.717, 1.165) is 10.8 Å². The van der Waals surface area contributed by atoms with Crippen molar-refractivity contribution < 1.29 is 20.1 Å². The number of hydrogen-bond acceptors (Lipinski definition) is 8. The summed E-state index contributed by atoms with van der Waals surface area (Å²) in [5.41, 5.74) is 5.46. The summed E-state index contributed by atoms with van der Waals surface area (Å²) in [5.74, 6) is 0. The quantitative estimate of drug-likeness (QED) is 0.407. The van der Waals surface area contributed by atoms with Crippen LogP contribution in [-0.4, -0.2) is 59.7 Å². The van der Waals surface area contributed by atoms with E-state index in [-0.39, 0.29) is 0 Å². The smallest absolute Gasteiger partial charge is 0.181 e. The number of aromatic nitrogens is 4. The van der Waals surface area contributed by atoms with Gasteiger partial charge in [-0.15, -0.1) is 0 Å². The van der Waals surface area contributed by atoms with Gasteiger partial charge >= 0.3 is 0 Å². The summed E-state index contributed by atoms with van der Waals surface area (Å²) in [5, 5.41) is 43.5. The molecule has 0 radical (unpaired) electrons. The number of aliphatic hydroxyl groups excluding tert-OH is 2. The van der Waals surface area contributed by atoms with E-state index in [0.29, 0.717) is 21.2 Å². The first-order valence-electron chi connectivity index (χ1n) is 7.66. The molecule has 1 fully saturated rings. The van der Waals surface area contributed by atoms with Crippen LogP contribution in [0, 0.1) is 4.64 Å². The van der Waals surface area contributed by atoms with Crippen LogP contribution in [0.4, 0.5) is 5.69 Å². The Morgan fingerprint density at radius 2 is 2.24 bits per heavy atom. The van der Waals surface area contributed by atoms with Gasteiger partial charge in [0.25, 0.3) is 0 Å². The molecule has 0 bridgehead atoms. The van der Waals surface area contributed by atoms with Crippen molar-refractivity contribution in [1.29, 1.82) is 0 Å². The molecule has 0 saturated carbocycles. The van der Waals surface area contributed by atoms with E-state index in [1.807, 2.05) is 0 Å². The van der Waals surface area contributed by atoms with E-state index in [4.69, 9.17) is 22.7 Å². The molecular formula is C15H17N5O4S. The average molecular weight is 363 g/mol. The van der Waals surface area contributed by atoms with Gasteiger partial charge in [0.2, 0.25) is 0 Å². The molecule has 0 unspecified atom stereocenters. The van der Waals surface area contributed by atoms with Gasteiger partial charge in [-0.1, -0.05) is 12.2 Å². The lowest BCUT2D eigenvalue weighted by Gasteiger charge is -2.27. The molecule has 4 atom stereocenters. The molecule has 1 saturated heterocycles. The summed E-state index contributed by atoms with van der Waals surface area (Å²) in [6.07, 6.45) is -0.0493. The molecule has 132 valence electrons. The van der Waals surface area contributed by atoms with E-state index in [1.54, 1.807) is 12.3 Å². The highest BCUT2D eigenvalue weighted by atomic mass is 32.1. The normalized spacial score (nSPS) is 29.7. The Morgan fingerprint density at radius 1 is 1.48 bits per heavy atom. The van der Waals surface area contributed by atoms with Crippen LogP contribution >= 0.6 is 12.2 Å². The van der Waals surface area contributed by atoms with E-state index in [2.05, 4.69) is 15.3 Å². The zero-order valence-corrected chi connectivity index (χ0v) is 14.1. The molecule has 0 aliphatic carbocycles. The summed E-state index contributed by atoms with van der Waals surface area (Å²) in [6.45, 7) is 1.00. The summed E-state index contributed by atoms with van der Waals surface area (Å²) in [7, 11) is 0. The molecule has 25 heavy (non-hydrogen) atoms. The van der Waals surface area contributed by atoms with Crippen LogP contribution in [0.3, 0.4) is 0 Å². The van der Waals surface area contributed by atoms with Crippen LogP contribution in [-0.2, 0) is 4.74 Å². The van der Waals surface area contributed by atoms with Crippen LogP contribution in [0.5, 0.6) is 0 Å². The van der Waals surface area contributed by atoms with Gasteiger partial charge in [0.15, 0.2) is 6.23 Å². The maximum absolute atomic E-state index is 10.7. The molecule has 0 amide bonds. The van der Waals surface area contributed by atoms with Crippen LogP contribution in [0.1, 0.15) is 13.2 Å². The fourth-order valence-corrected chi connectivity index (χ4v) is 3.53. The molecule has 4 rings (SSSR count). The second-order valence-electron chi connectivity index (χ2n) is 6.38. The van der Waals surface area contributed by atoms with Crippen molar-refractivity contribution in [1.82, 2.24) is 20.0 Å². The Bertz CT molecular complexity index is 1030. The lowest BCUT2D eigenvalue weighted by atomic mass is 9.97. The molecule has 1 aromatic carbocycles. The molecule has 6 N–H and O–H groups in total. The predicted molar refractivity (Wildman–Crippen MR) is 92.3 cm³/mol. The first-order chi connectivity index (χ1) is 11.8. The molecular weight excluding hydrogens is 346 g/mol. The van der Waals surface area contributed by atoms with Crippen LogP contribution in [0.15, 0.2) is 18.5 Å². The molecule has 10 heteroatoms. The average Bonchev–Trinajstić information content (AvgIpc) is 2.96. The topological polar surface area (TPSA) is 142 Å². The number of ether oxygens (including phenoxy) is 1. The van der Waals surface area contributed by atoms with Gasteiger partial charge in [-0.3, -0.25) is 5.10 Å². The number of hydrogen-bond donors (Lipinski definition) is 5. The molecule has 9 nitrogen and oxygen atoms in total. The second-order valence-corrected chi connectivity index (χ2v) is 6.78. The van der Waals surface area contributed by atoms with Gasteiger partial charge < -0.3 is 25.8 Å². The highest BCUT2D eigenvalue weighted by Crippen LogP contribution is 2.39. The van der Waals surface area contributed by atoms with Crippen molar-refractivity contribution in [3.05, 3.63) is 23.1 Å². The number of nitrogens with zero attached hydrogens (tertiary/aromatic N) is 3. The SMILES string of the molecule is C[C@@]1(O)[C@H](O)[C@@H](CO)O[C@H]1n1cc2c(N)cc3c(=S)[nH]ncc(n1)c23. The van der Waals surface area contributed by atoms with Crippen LogP contribution in [0.2, 0.25) is 0 Å². The van der Waals surface area contributed by atoms with Crippen molar-refractivity contribution in [2.24, 2.45) is 0 Å². The Balaban J connectivity index is 1.98. The summed E-state index contributed by atoms with van der Waals surface area (Å²) >= 11 is 5.28. The standard InChI is InChI=1S/C15H17N5O4S/c1-15(23)12(22)10(5-21)24-14(15)20-4-7-8(16)2-6-11(7)9(19-20)3-17-18-13(6)25/h2-4,10,12,14,21-23H,5,16H2,1H3,(H,18,25)/t10-,12-,14-,15-/m1/s1. The van der Waals surface area contributed by atoms with Gasteiger partial charge in [-0.2, -0.15) is 10.2 Å². The van der Waals surface area contributed by atoms with Crippen molar-refractivity contribution >= 4 is 39.6 Å². The van der Waals surface area contributed by atoms with Crippen LogP contribution in [0.25, 0.3) is 21.7 Å². The number of aliphatic hydroxyl groups is 3. The Hall–Kier alpha value is -2.11. The molecule has 0 spiro atoms. The van der Waals surface area contributed by atoms with Crippen LogP contribution < -0.4 is 5.73 Å². The zero-order chi connectivity index (χ0) is 17.9. The lowest BCUT2D eigenvalue weighted by molar-refractivity contribution is -0.102. The zero-order valence-electron chi connectivity index (χ0n) is 13.2. The highest BCUT2D eigenvalue weighted by Gasteiger charge is 2.53. The van der Waals surface area contributed by atoms with Gasteiger partial charge in [0, 0.05) is 28.0 Å². The van der Waals surface area contributed by atoms with Crippen molar-refractivity contribution in [3.8, 4) is 0 Å². The highest BCUT2D eigenvalue weighted by molar-refractivity contribution is 7.71. The minimum absolute atomic E-state index is 0.425. The second kappa shape index (κ2) is 5.44. The Morgan fingerprint density at radius 3 is 2.92 bits per heavy atom. The maximum atomic E-state index is 10.7. The number of nitrogens with two attached hydrogens (primary N) is 1. The van der Waals surface area contributed by atoms with E-state index >= 15 is 0 Å². The number of rotatable bonds is 2. The third kappa shape index (κ3) is 2.26.